The minimum Gasteiger partial charge on any atom is -0.237 e. The maximum absolute atomic E-state index is 14.0. The van der Waals surface area contributed by atoms with Gasteiger partial charge < -0.3 is 0 Å². The van der Waals surface area contributed by atoms with E-state index >= 15 is 0 Å². The molecule has 3 rings (SSSR count). The van der Waals surface area contributed by atoms with Crippen molar-refractivity contribution in [2.24, 2.45) is 0 Å². The predicted molar refractivity (Wildman–Crippen MR) is 74.4 cm³/mol. The SMILES string of the molecule is Cc1cc2c(-c3ccc(F)cc3F)ccnc2nc1C. The number of nitrogens with zero attached hydrogens (tertiary/aromatic N) is 2. The molecule has 0 amide bonds. The number of fused-ring (bicyclic) bond motifs is 1. The Labute approximate surface area is 115 Å². The first-order valence-electron chi connectivity index (χ1n) is 6.24. The van der Waals surface area contributed by atoms with E-state index in [-0.39, 0.29) is 0 Å². The molecule has 0 saturated carbocycles. The monoisotopic (exact) mass is 270 g/mol. The van der Waals surface area contributed by atoms with Crippen LogP contribution in [0.2, 0.25) is 0 Å². The predicted octanol–water partition coefficient (Wildman–Crippen LogP) is 4.19. The highest BCUT2D eigenvalue weighted by atomic mass is 19.1. The van der Waals surface area contributed by atoms with Gasteiger partial charge in [0.25, 0.3) is 0 Å². The van der Waals surface area contributed by atoms with Crippen molar-refractivity contribution in [3.05, 3.63) is 59.4 Å². The number of hydrogen-bond acceptors (Lipinski definition) is 2. The molecule has 0 spiro atoms. The van der Waals surface area contributed by atoms with Gasteiger partial charge in [-0.2, -0.15) is 0 Å². The molecule has 0 aliphatic heterocycles. The zero-order valence-electron chi connectivity index (χ0n) is 11.1. The molecule has 0 aliphatic carbocycles. The number of rotatable bonds is 1. The van der Waals surface area contributed by atoms with Crippen LogP contribution in [0, 0.1) is 25.5 Å². The lowest BCUT2D eigenvalue weighted by Gasteiger charge is -2.09. The maximum atomic E-state index is 14.0. The summed E-state index contributed by atoms with van der Waals surface area (Å²) in [5.41, 5.74) is 3.48. The summed E-state index contributed by atoms with van der Waals surface area (Å²) >= 11 is 0. The number of pyridine rings is 2. The van der Waals surface area contributed by atoms with Crippen LogP contribution in [0.5, 0.6) is 0 Å². The first-order valence-corrected chi connectivity index (χ1v) is 6.24. The van der Waals surface area contributed by atoms with Crippen molar-refractivity contribution in [3.63, 3.8) is 0 Å². The Bertz CT molecular complexity index is 813. The molecule has 2 aromatic heterocycles. The molecule has 20 heavy (non-hydrogen) atoms. The topological polar surface area (TPSA) is 25.8 Å². The molecule has 0 atom stereocenters. The van der Waals surface area contributed by atoms with Crippen LogP contribution in [-0.4, -0.2) is 9.97 Å². The second kappa shape index (κ2) is 4.63. The third-order valence-electron chi connectivity index (χ3n) is 3.40. The summed E-state index contributed by atoms with van der Waals surface area (Å²) in [5.74, 6) is -1.18. The third kappa shape index (κ3) is 2.03. The molecule has 0 aliphatic rings. The average molecular weight is 270 g/mol. The van der Waals surface area contributed by atoms with Gasteiger partial charge in [0.05, 0.1) is 0 Å². The summed E-state index contributed by atoms with van der Waals surface area (Å²) in [7, 11) is 0. The fourth-order valence-electron chi connectivity index (χ4n) is 2.20. The molecule has 0 unspecified atom stereocenters. The molecule has 4 heteroatoms. The molecule has 0 radical (unpaired) electrons. The van der Waals surface area contributed by atoms with E-state index in [0.717, 1.165) is 22.7 Å². The van der Waals surface area contributed by atoms with Gasteiger partial charge in [0.2, 0.25) is 0 Å². The van der Waals surface area contributed by atoms with Crippen molar-refractivity contribution in [1.29, 1.82) is 0 Å². The number of aromatic nitrogens is 2. The molecular formula is C16H12F2N2. The van der Waals surface area contributed by atoms with Crippen LogP contribution in [0.4, 0.5) is 8.78 Å². The Hall–Kier alpha value is -2.36. The Balaban J connectivity index is 2.33. The number of hydrogen-bond donors (Lipinski definition) is 0. The minimum absolute atomic E-state index is 0.351. The number of benzene rings is 1. The van der Waals surface area contributed by atoms with Gasteiger partial charge in [-0.05, 0) is 49.2 Å². The Morgan fingerprint density at radius 2 is 1.75 bits per heavy atom. The van der Waals surface area contributed by atoms with Gasteiger partial charge in [-0.25, -0.2) is 18.7 Å². The average Bonchev–Trinajstić information content (AvgIpc) is 2.40. The fourth-order valence-corrected chi connectivity index (χ4v) is 2.20. The highest BCUT2D eigenvalue weighted by Gasteiger charge is 2.11. The molecule has 0 fully saturated rings. The molecule has 0 saturated heterocycles. The molecule has 2 heterocycles. The summed E-state index contributed by atoms with van der Waals surface area (Å²) in [6.45, 7) is 3.85. The molecule has 0 bridgehead atoms. The van der Waals surface area contributed by atoms with E-state index < -0.39 is 11.6 Å². The third-order valence-corrected chi connectivity index (χ3v) is 3.40. The van der Waals surface area contributed by atoms with Gasteiger partial charge in [0, 0.05) is 28.9 Å². The van der Waals surface area contributed by atoms with Gasteiger partial charge in [-0.3, -0.25) is 0 Å². The maximum Gasteiger partial charge on any atom is 0.159 e. The van der Waals surface area contributed by atoms with Gasteiger partial charge >= 0.3 is 0 Å². The molecular weight excluding hydrogens is 258 g/mol. The molecule has 3 aromatic rings. The van der Waals surface area contributed by atoms with Crippen LogP contribution >= 0.6 is 0 Å². The smallest absolute Gasteiger partial charge is 0.159 e. The van der Waals surface area contributed by atoms with Crippen LogP contribution < -0.4 is 0 Å². The zero-order valence-corrected chi connectivity index (χ0v) is 11.1. The van der Waals surface area contributed by atoms with Crippen LogP contribution in [0.3, 0.4) is 0 Å². The van der Waals surface area contributed by atoms with E-state index in [0.29, 0.717) is 16.8 Å². The molecule has 2 nitrogen and oxygen atoms in total. The van der Waals surface area contributed by atoms with Gasteiger partial charge in [-0.1, -0.05) is 0 Å². The Morgan fingerprint density at radius 3 is 2.50 bits per heavy atom. The van der Waals surface area contributed by atoms with Crippen molar-refractivity contribution < 1.29 is 8.78 Å². The summed E-state index contributed by atoms with van der Waals surface area (Å²) in [5, 5.41) is 0.765. The van der Waals surface area contributed by atoms with Crippen molar-refractivity contribution >= 4 is 11.0 Å². The highest BCUT2D eigenvalue weighted by molar-refractivity contribution is 5.93. The Kier molecular flexibility index (Phi) is 2.93. The summed E-state index contributed by atoms with van der Waals surface area (Å²) in [4.78, 5) is 8.61. The molecule has 0 N–H and O–H groups in total. The van der Waals surface area contributed by atoms with E-state index in [4.69, 9.17) is 0 Å². The molecule has 1 aromatic carbocycles. The summed E-state index contributed by atoms with van der Waals surface area (Å²) < 4.78 is 27.0. The quantitative estimate of drug-likeness (QED) is 0.662. The Morgan fingerprint density at radius 1 is 0.950 bits per heavy atom. The standard InChI is InChI=1S/C16H12F2N2/c1-9-7-14-12(5-6-19-16(14)20-10(9)2)13-4-3-11(17)8-15(13)18/h3-8H,1-2H3. The van der Waals surface area contributed by atoms with Gasteiger partial charge in [0.15, 0.2) is 5.65 Å². The summed E-state index contributed by atoms with van der Waals surface area (Å²) in [6.07, 6.45) is 1.59. The van der Waals surface area contributed by atoms with E-state index in [2.05, 4.69) is 9.97 Å². The van der Waals surface area contributed by atoms with Crippen molar-refractivity contribution in [2.45, 2.75) is 13.8 Å². The number of aryl methyl sites for hydroxylation is 2. The zero-order chi connectivity index (χ0) is 14.3. The van der Waals surface area contributed by atoms with Crippen molar-refractivity contribution in [3.8, 4) is 11.1 Å². The lowest BCUT2D eigenvalue weighted by molar-refractivity contribution is 0.585. The van der Waals surface area contributed by atoms with Crippen molar-refractivity contribution in [2.75, 3.05) is 0 Å². The second-order valence-electron chi connectivity index (χ2n) is 4.74. The normalized spacial score (nSPS) is 11.0. The van der Waals surface area contributed by atoms with E-state index in [1.807, 2.05) is 19.9 Å². The van der Waals surface area contributed by atoms with Crippen molar-refractivity contribution in [1.82, 2.24) is 9.97 Å². The first kappa shape index (κ1) is 12.7. The second-order valence-corrected chi connectivity index (χ2v) is 4.74. The van der Waals surface area contributed by atoms with Gasteiger partial charge in [0.1, 0.15) is 11.6 Å². The van der Waals surface area contributed by atoms with E-state index in [9.17, 15) is 8.78 Å². The largest absolute Gasteiger partial charge is 0.237 e. The first-order chi connectivity index (χ1) is 9.56. The highest BCUT2D eigenvalue weighted by Crippen LogP contribution is 2.30. The van der Waals surface area contributed by atoms with Crippen LogP contribution in [0.1, 0.15) is 11.3 Å². The van der Waals surface area contributed by atoms with Crippen LogP contribution in [0.15, 0.2) is 36.5 Å². The fraction of sp³-hybridized carbons (Fsp3) is 0.125. The lowest BCUT2D eigenvalue weighted by atomic mass is 10.0. The number of halogens is 2. The van der Waals surface area contributed by atoms with E-state index in [1.165, 1.54) is 12.1 Å². The lowest BCUT2D eigenvalue weighted by Crippen LogP contribution is -1.94. The van der Waals surface area contributed by atoms with Crippen LogP contribution in [0.25, 0.3) is 22.2 Å². The molecule has 100 valence electrons. The summed E-state index contributed by atoms with van der Waals surface area (Å²) in [6, 6.07) is 7.22. The van der Waals surface area contributed by atoms with Crippen LogP contribution in [-0.2, 0) is 0 Å². The van der Waals surface area contributed by atoms with Gasteiger partial charge in [-0.15, -0.1) is 0 Å². The minimum atomic E-state index is -0.588. The van der Waals surface area contributed by atoms with E-state index in [1.54, 1.807) is 12.3 Å².